The van der Waals surface area contributed by atoms with Gasteiger partial charge in [0.25, 0.3) is 0 Å². The summed E-state index contributed by atoms with van der Waals surface area (Å²) in [6.07, 6.45) is 0. The number of thioether (sulfide) groups is 1. The summed E-state index contributed by atoms with van der Waals surface area (Å²) in [5.74, 6) is 2.49. The molecular weight excluding hydrogens is 392 g/mol. The van der Waals surface area contributed by atoms with Gasteiger partial charge >= 0.3 is 0 Å². The molecule has 0 aromatic heterocycles. The first-order valence-electron chi connectivity index (χ1n) is 10.4. The minimum absolute atomic E-state index is 0.151. The second kappa shape index (κ2) is 10.1. The van der Waals surface area contributed by atoms with Crippen LogP contribution in [0.5, 0.6) is 11.5 Å². The third kappa shape index (κ3) is 5.44. The molecule has 0 aliphatic rings. The number of para-hydroxylation sites is 1. The maximum absolute atomic E-state index is 13.6. The molecule has 0 radical (unpaired) electrons. The summed E-state index contributed by atoms with van der Waals surface area (Å²) >= 11 is 1.68. The lowest BCUT2D eigenvalue weighted by molar-refractivity contribution is 0.0952. The third-order valence-electron chi connectivity index (χ3n) is 4.86. The van der Waals surface area contributed by atoms with E-state index in [1.807, 2.05) is 73.7 Å². The maximum Gasteiger partial charge on any atom is 0.176 e. The van der Waals surface area contributed by atoms with Crippen molar-refractivity contribution in [2.75, 3.05) is 19.0 Å². The molecule has 158 valence electrons. The van der Waals surface area contributed by atoms with Crippen molar-refractivity contribution < 1.29 is 14.3 Å². The molecule has 0 N–H and O–H groups in total. The smallest absolute Gasteiger partial charge is 0.176 e. The molecule has 0 saturated heterocycles. The van der Waals surface area contributed by atoms with Crippen LogP contribution in [0.4, 0.5) is 0 Å². The first-order valence-corrected chi connectivity index (χ1v) is 11.4. The van der Waals surface area contributed by atoms with Crippen LogP contribution < -0.4 is 4.74 Å². The number of hydrogen-bond donors (Lipinski definition) is 0. The summed E-state index contributed by atoms with van der Waals surface area (Å²) in [5, 5.41) is 1.72. The number of carbonyl (C=O) groups excluding carboxylic acids is 1. The monoisotopic (exact) mass is 422 g/mol. The van der Waals surface area contributed by atoms with Gasteiger partial charge in [-0.25, -0.2) is 0 Å². The van der Waals surface area contributed by atoms with Crippen LogP contribution in [0, 0.1) is 5.41 Å². The lowest BCUT2D eigenvalue weighted by atomic mass is 9.86. The Morgan fingerprint density at radius 3 is 2.27 bits per heavy atom. The minimum atomic E-state index is -0.158. The van der Waals surface area contributed by atoms with Gasteiger partial charge in [-0.1, -0.05) is 63.2 Å². The fourth-order valence-corrected chi connectivity index (χ4v) is 4.65. The number of fused-ring (bicyclic) bond motifs is 1. The quantitative estimate of drug-likeness (QED) is 0.275. The van der Waals surface area contributed by atoms with E-state index in [-0.39, 0.29) is 16.4 Å². The molecule has 0 saturated carbocycles. The van der Waals surface area contributed by atoms with E-state index in [0.717, 1.165) is 33.6 Å². The highest BCUT2D eigenvalue weighted by molar-refractivity contribution is 8.00. The molecule has 0 aliphatic heterocycles. The van der Waals surface area contributed by atoms with Gasteiger partial charge in [0.2, 0.25) is 0 Å². The number of Topliss-reactive ketones (excluding diaryl/α,β-unsaturated/α-hetero) is 1. The van der Waals surface area contributed by atoms with Crippen molar-refractivity contribution in [1.82, 2.24) is 0 Å². The van der Waals surface area contributed by atoms with Gasteiger partial charge in [0.05, 0.1) is 11.9 Å². The van der Waals surface area contributed by atoms with Crippen molar-refractivity contribution in [3.8, 4) is 11.5 Å². The van der Waals surface area contributed by atoms with Gasteiger partial charge < -0.3 is 9.47 Å². The molecule has 1 atom stereocenters. The van der Waals surface area contributed by atoms with Gasteiger partial charge in [0.1, 0.15) is 11.5 Å². The average molecular weight is 423 g/mol. The molecule has 3 rings (SSSR count). The van der Waals surface area contributed by atoms with Crippen molar-refractivity contribution >= 4 is 28.3 Å². The van der Waals surface area contributed by atoms with Gasteiger partial charge in [-0.15, -0.1) is 11.8 Å². The van der Waals surface area contributed by atoms with E-state index in [0.29, 0.717) is 13.2 Å². The Hall–Kier alpha value is -2.30. The van der Waals surface area contributed by atoms with Crippen molar-refractivity contribution in [1.29, 1.82) is 0 Å². The SMILES string of the molecule is CCOCCSC(C(=O)c1ccc(Oc2ccccc2)c2ccccc12)C(C)(C)C. The van der Waals surface area contributed by atoms with Gasteiger partial charge in [0, 0.05) is 23.3 Å². The second-order valence-electron chi connectivity index (χ2n) is 8.25. The number of carbonyl (C=O) groups is 1. The summed E-state index contributed by atoms with van der Waals surface area (Å²) in [7, 11) is 0. The lowest BCUT2D eigenvalue weighted by Crippen LogP contribution is -2.32. The second-order valence-corrected chi connectivity index (χ2v) is 9.46. The van der Waals surface area contributed by atoms with E-state index in [1.165, 1.54) is 0 Å². The van der Waals surface area contributed by atoms with Crippen LogP contribution >= 0.6 is 11.8 Å². The standard InChI is InChI=1S/C26H30O3S/c1-5-28-17-18-30-25(26(2,3)4)24(27)22-15-16-23(21-14-10-9-13-20(21)22)29-19-11-7-6-8-12-19/h6-16,25H,5,17-18H2,1-4H3. The predicted octanol–water partition coefficient (Wildman–Crippen LogP) is 7.00. The average Bonchev–Trinajstić information content (AvgIpc) is 2.73. The van der Waals surface area contributed by atoms with Gasteiger partial charge in [-0.3, -0.25) is 4.79 Å². The first-order chi connectivity index (χ1) is 14.4. The van der Waals surface area contributed by atoms with Crippen molar-refractivity contribution in [3.63, 3.8) is 0 Å². The number of ketones is 1. The molecule has 0 heterocycles. The maximum atomic E-state index is 13.6. The molecule has 30 heavy (non-hydrogen) atoms. The van der Waals surface area contributed by atoms with Crippen molar-refractivity contribution in [3.05, 3.63) is 72.3 Å². The zero-order valence-electron chi connectivity index (χ0n) is 18.2. The Morgan fingerprint density at radius 2 is 1.60 bits per heavy atom. The molecule has 0 aliphatic carbocycles. The van der Waals surface area contributed by atoms with E-state index in [4.69, 9.17) is 9.47 Å². The van der Waals surface area contributed by atoms with Crippen LogP contribution in [0.3, 0.4) is 0 Å². The van der Waals surface area contributed by atoms with Gasteiger partial charge in [-0.2, -0.15) is 0 Å². The summed E-state index contributed by atoms with van der Waals surface area (Å²) in [6.45, 7) is 9.71. The number of benzene rings is 3. The minimum Gasteiger partial charge on any atom is -0.457 e. The molecule has 4 heteroatoms. The number of rotatable bonds is 9. The Bertz CT molecular complexity index is 976. The van der Waals surface area contributed by atoms with Crippen LogP contribution in [0.15, 0.2) is 66.7 Å². The van der Waals surface area contributed by atoms with Crippen molar-refractivity contribution in [2.45, 2.75) is 32.9 Å². The zero-order chi connectivity index (χ0) is 21.6. The fourth-order valence-electron chi connectivity index (χ4n) is 3.42. The summed E-state index contributed by atoms with van der Waals surface area (Å²) in [6, 6.07) is 21.5. The molecule has 1 unspecified atom stereocenters. The predicted molar refractivity (Wildman–Crippen MR) is 127 cm³/mol. The molecule has 0 fully saturated rings. The first kappa shape index (κ1) is 22.4. The fraction of sp³-hybridized carbons (Fsp3) is 0.346. The Morgan fingerprint density at radius 1 is 0.933 bits per heavy atom. The van der Waals surface area contributed by atoms with Crippen LogP contribution in [-0.4, -0.2) is 30.0 Å². The van der Waals surface area contributed by atoms with Crippen molar-refractivity contribution in [2.24, 2.45) is 5.41 Å². The summed E-state index contributed by atoms with van der Waals surface area (Å²) in [4.78, 5) is 13.6. The highest BCUT2D eigenvalue weighted by Crippen LogP contribution is 2.37. The van der Waals surface area contributed by atoms with Crippen LogP contribution in [0.2, 0.25) is 0 Å². The van der Waals surface area contributed by atoms with Crippen LogP contribution in [0.25, 0.3) is 10.8 Å². The van der Waals surface area contributed by atoms with Crippen LogP contribution in [0.1, 0.15) is 38.1 Å². The third-order valence-corrected chi connectivity index (χ3v) is 6.52. The zero-order valence-corrected chi connectivity index (χ0v) is 19.0. The van der Waals surface area contributed by atoms with E-state index in [9.17, 15) is 4.79 Å². The molecule has 3 aromatic carbocycles. The van der Waals surface area contributed by atoms with E-state index in [1.54, 1.807) is 11.8 Å². The summed E-state index contributed by atoms with van der Waals surface area (Å²) in [5.41, 5.74) is 0.587. The molecular formula is C26H30O3S. The molecule has 0 spiro atoms. The Kier molecular flexibility index (Phi) is 7.57. The molecule has 3 aromatic rings. The molecule has 0 amide bonds. The van der Waals surface area contributed by atoms with Gasteiger partial charge in [-0.05, 0) is 42.0 Å². The Labute approximate surface area is 183 Å². The van der Waals surface area contributed by atoms with E-state index >= 15 is 0 Å². The topological polar surface area (TPSA) is 35.5 Å². The van der Waals surface area contributed by atoms with Crippen LogP contribution in [-0.2, 0) is 4.74 Å². The normalized spacial score (nSPS) is 12.7. The largest absolute Gasteiger partial charge is 0.457 e. The Balaban J connectivity index is 1.94. The van der Waals surface area contributed by atoms with E-state index < -0.39 is 0 Å². The molecule has 3 nitrogen and oxygen atoms in total. The highest BCUT2D eigenvalue weighted by atomic mass is 32.2. The number of ether oxygens (including phenoxy) is 2. The number of hydrogen-bond acceptors (Lipinski definition) is 4. The highest BCUT2D eigenvalue weighted by Gasteiger charge is 2.33. The van der Waals surface area contributed by atoms with Gasteiger partial charge in [0.15, 0.2) is 5.78 Å². The summed E-state index contributed by atoms with van der Waals surface area (Å²) < 4.78 is 11.6. The molecule has 0 bridgehead atoms. The van der Waals surface area contributed by atoms with E-state index in [2.05, 4.69) is 20.8 Å². The lowest BCUT2D eigenvalue weighted by Gasteiger charge is -2.29.